The molecule has 2 heterocycles. The van der Waals surface area contributed by atoms with Crippen molar-refractivity contribution in [3.63, 3.8) is 0 Å². The van der Waals surface area contributed by atoms with Crippen LogP contribution in [0.15, 0.2) is 119 Å². The lowest BCUT2D eigenvalue weighted by Crippen LogP contribution is -3.00. The normalized spacial score (nSPS) is 22.7. The Kier molecular flexibility index (Phi) is 8.22. The minimum Gasteiger partial charge on any atom is -1.00 e. The Bertz CT molecular complexity index is 1670. The van der Waals surface area contributed by atoms with Gasteiger partial charge in [-0.05, 0) is 73.1 Å². The zero-order chi connectivity index (χ0) is 28.9. The Balaban J connectivity index is 0.00000353. The van der Waals surface area contributed by atoms with E-state index in [2.05, 4.69) is 142 Å². The Morgan fingerprint density at radius 2 is 1.60 bits per heavy atom. The molecule has 4 aliphatic rings. The van der Waals surface area contributed by atoms with E-state index in [1.807, 2.05) is 0 Å². The molecule has 0 N–H and O–H groups in total. The van der Waals surface area contributed by atoms with Gasteiger partial charge in [-0.3, -0.25) is 0 Å². The SMILES string of the molecule is CN1C(=CC=C2CCCC(C=CC3=[N+](C)c4ccccc4C3(C)C)=C2C2=CC=CCC2=S)C(C)(C)c2ccccc21.[Cl-]. The minimum atomic E-state index is -0.0455. The fourth-order valence-corrected chi connectivity index (χ4v) is 7.60. The van der Waals surface area contributed by atoms with Crippen LogP contribution in [0.25, 0.3) is 0 Å². The quantitative estimate of drug-likeness (QED) is 0.307. The highest BCUT2D eigenvalue weighted by Gasteiger charge is 2.42. The molecule has 0 radical (unpaired) electrons. The van der Waals surface area contributed by atoms with Crippen LogP contribution in [-0.2, 0) is 10.8 Å². The minimum absolute atomic E-state index is 0. The van der Waals surface area contributed by atoms with Gasteiger partial charge in [-0.1, -0.05) is 92.8 Å². The topological polar surface area (TPSA) is 6.25 Å². The molecule has 0 saturated heterocycles. The maximum atomic E-state index is 5.96. The van der Waals surface area contributed by atoms with Gasteiger partial charge in [0.05, 0.1) is 5.41 Å². The predicted octanol–water partition coefficient (Wildman–Crippen LogP) is 6.23. The first-order valence-electron chi connectivity index (χ1n) is 14.9. The van der Waals surface area contributed by atoms with Gasteiger partial charge < -0.3 is 17.3 Å². The summed E-state index contributed by atoms with van der Waals surface area (Å²) in [5.74, 6) is 0. The van der Waals surface area contributed by atoms with E-state index in [0.717, 1.165) is 30.5 Å². The first kappa shape index (κ1) is 30.2. The number of allylic oxidation sites excluding steroid dienone is 12. The summed E-state index contributed by atoms with van der Waals surface area (Å²) < 4.78 is 2.36. The van der Waals surface area contributed by atoms with Gasteiger partial charge in [0, 0.05) is 52.8 Å². The Hall–Kier alpha value is -3.27. The molecule has 216 valence electrons. The monoisotopic (exact) mass is 592 g/mol. The summed E-state index contributed by atoms with van der Waals surface area (Å²) in [5.41, 5.74) is 13.3. The number of hydrogen-bond donors (Lipinski definition) is 0. The van der Waals surface area contributed by atoms with Crippen LogP contribution >= 0.6 is 12.2 Å². The number of hydrogen-bond acceptors (Lipinski definition) is 2. The zero-order valence-corrected chi connectivity index (χ0v) is 27.2. The lowest BCUT2D eigenvalue weighted by Gasteiger charge is -2.27. The van der Waals surface area contributed by atoms with Crippen molar-refractivity contribution >= 4 is 34.2 Å². The average Bonchev–Trinajstić information content (AvgIpc) is 3.28. The van der Waals surface area contributed by atoms with E-state index in [1.54, 1.807) is 0 Å². The molecule has 2 aromatic carbocycles. The van der Waals surface area contributed by atoms with E-state index < -0.39 is 0 Å². The van der Waals surface area contributed by atoms with Crippen molar-refractivity contribution in [1.29, 1.82) is 0 Å². The van der Waals surface area contributed by atoms with Crippen LogP contribution in [0.1, 0.15) is 64.5 Å². The highest BCUT2D eigenvalue weighted by molar-refractivity contribution is 7.80. The van der Waals surface area contributed by atoms with Crippen LogP contribution in [0.2, 0.25) is 0 Å². The van der Waals surface area contributed by atoms with Crippen molar-refractivity contribution in [2.24, 2.45) is 0 Å². The smallest absolute Gasteiger partial charge is 0.209 e. The lowest BCUT2D eigenvalue weighted by molar-refractivity contribution is -0.401. The maximum Gasteiger partial charge on any atom is 0.209 e. The molecule has 42 heavy (non-hydrogen) atoms. The van der Waals surface area contributed by atoms with Crippen molar-refractivity contribution in [3.05, 3.63) is 130 Å². The van der Waals surface area contributed by atoms with Crippen molar-refractivity contribution in [1.82, 2.24) is 0 Å². The highest BCUT2D eigenvalue weighted by atomic mass is 35.5. The third-order valence-corrected chi connectivity index (χ3v) is 9.96. The van der Waals surface area contributed by atoms with Crippen LogP contribution in [0.3, 0.4) is 0 Å². The van der Waals surface area contributed by atoms with Gasteiger partial charge in [-0.2, -0.15) is 4.58 Å². The van der Waals surface area contributed by atoms with Gasteiger partial charge in [-0.15, -0.1) is 0 Å². The lowest BCUT2D eigenvalue weighted by atomic mass is 9.78. The Morgan fingerprint density at radius 3 is 2.31 bits per heavy atom. The maximum absolute atomic E-state index is 5.96. The molecule has 0 saturated carbocycles. The predicted molar refractivity (Wildman–Crippen MR) is 179 cm³/mol. The van der Waals surface area contributed by atoms with Gasteiger partial charge in [0.25, 0.3) is 0 Å². The third kappa shape index (κ3) is 4.91. The number of thiocarbonyl (C=S) groups is 1. The first-order valence-corrected chi connectivity index (χ1v) is 15.3. The number of anilines is 1. The van der Waals surface area contributed by atoms with Crippen LogP contribution < -0.4 is 17.3 Å². The summed E-state index contributed by atoms with van der Waals surface area (Å²) in [4.78, 5) is 3.40. The summed E-state index contributed by atoms with van der Waals surface area (Å²) in [6.07, 6.45) is 20.2. The van der Waals surface area contributed by atoms with E-state index in [-0.39, 0.29) is 23.2 Å². The van der Waals surface area contributed by atoms with Crippen molar-refractivity contribution in [2.75, 3.05) is 19.0 Å². The van der Waals surface area contributed by atoms with Gasteiger partial charge in [0.2, 0.25) is 5.69 Å². The molecule has 0 amide bonds. The second kappa shape index (κ2) is 11.4. The molecule has 0 bridgehead atoms. The Morgan fingerprint density at radius 1 is 0.881 bits per heavy atom. The molecule has 2 nitrogen and oxygen atoms in total. The number of para-hydroxylation sites is 2. The number of benzene rings is 2. The number of rotatable bonds is 4. The first-order chi connectivity index (χ1) is 19.6. The molecule has 6 rings (SSSR count). The highest BCUT2D eigenvalue weighted by Crippen LogP contribution is 2.47. The molecular weight excluding hydrogens is 552 g/mol. The standard InChI is InChI=1S/C38H41N2S.ClH/c1-37(2)29-17-8-10-19-31(29)39(5)34(37)24-22-26-14-13-15-27(36(26)28-16-7-12-21-33(28)41)23-25-35-38(3,4)30-18-9-11-20-32(30)40(35)6;/h7-12,16-20,22-25H,13-15,21H2,1-6H3;1H/q+1;/p-1. The van der Waals surface area contributed by atoms with Crippen molar-refractivity contribution < 1.29 is 17.0 Å². The molecule has 4 heteroatoms. The fourth-order valence-electron chi connectivity index (χ4n) is 7.33. The van der Waals surface area contributed by atoms with Gasteiger partial charge >= 0.3 is 0 Å². The molecule has 0 fully saturated rings. The second-order valence-electron chi connectivity index (χ2n) is 12.8. The van der Waals surface area contributed by atoms with Crippen molar-refractivity contribution in [2.45, 2.75) is 64.2 Å². The van der Waals surface area contributed by atoms with Gasteiger partial charge in [0.1, 0.15) is 7.05 Å². The summed E-state index contributed by atoms with van der Waals surface area (Å²) >= 11 is 5.96. The Labute approximate surface area is 263 Å². The van der Waals surface area contributed by atoms with E-state index in [9.17, 15) is 0 Å². The molecule has 0 atom stereocenters. The number of nitrogens with zero attached hydrogens (tertiary/aromatic N) is 2. The summed E-state index contributed by atoms with van der Waals surface area (Å²) in [7, 11) is 4.39. The summed E-state index contributed by atoms with van der Waals surface area (Å²) in [6, 6.07) is 17.6. The zero-order valence-electron chi connectivity index (χ0n) is 25.7. The van der Waals surface area contributed by atoms with Crippen LogP contribution in [0, 0.1) is 0 Å². The summed E-state index contributed by atoms with van der Waals surface area (Å²) in [5, 5.41) is 0. The van der Waals surface area contributed by atoms with Crippen LogP contribution in [0.5, 0.6) is 0 Å². The van der Waals surface area contributed by atoms with E-state index in [0.29, 0.717) is 0 Å². The molecule has 0 aromatic heterocycles. The number of fused-ring (bicyclic) bond motifs is 2. The third-order valence-electron chi connectivity index (χ3n) is 9.57. The van der Waals surface area contributed by atoms with Gasteiger partial charge in [0.15, 0.2) is 5.71 Å². The number of likely N-dealkylation sites (N-methyl/N-ethyl adjacent to an activating group) is 1. The molecule has 0 unspecified atom stereocenters. The van der Waals surface area contributed by atoms with E-state index in [4.69, 9.17) is 12.2 Å². The van der Waals surface area contributed by atoms with Crippen LogP contribution in [-0.4, -0.2) is 29.2 Å². The molecular formula is C38H41ClN2S. The fraction of sp³-hybridized carbons (Fsp3) is 0.316. The number of halogens is 1. The molecule has 0 spiro atoms. The molecule has 2 aliphatic carbocycles. The van der Waals surface area contributed by atoms with Crippen LogP contribution in [0.4, 0.5) is 11.4 Å². The molecule has 2 aromatic rings. The van der Waals surface area contributed by atoms with E-state index in [1.165, 1.54) is 56.2 Å². The largest absolute Gasteiger partial charge is 1.00 e. The average molecular weight is 593 g/mol. The second-order valence-corrected chi connectivity index (χ2v) is 13.2. The van der Waals surface area contributed by atoms with E-state index >= 15 is 0 Å². The van der Waals surface area contributed by atoms with Gasteiger partial charge in [-0.25, -0.2) is 0 Å². The summed E-state index contributed by atoms with van der Waals surface area (Å²) in [6.45, 7) is 9.35. The molecule has 2 aliphatic heterocycles. The van der Waals surface area contributed by atoms with Crippen molar-refractivity contribution in [3.8, 4) is 0 Å².